The van der Waals surface area contributed by atoms with Crippen molar-refractivity contribution < 1.29 is 30.7 Å². The normalized spacial score (nSPS) is 13.1. The largest absolute Gasteiger partial charge is 0.412 e. The van der Waals surface area contributed by atoms with E-state index in [9.17, 15) is 30.7 Å². The Morgan fingerprint density at radius 3 is 1.58 bits per heavy atom. The lowest BCUT2D eigenvalue weighted by Gasteiger charge is -1.97. The molecule has 0 aromatic carbocycles. The maximum Gasteiger partial charge on any atom is 0.412 e. The second-order valence-electron chi connectivity index (χ2n) is 1.61. The van der Waals surface area contributed by atoms with Crippen molar-refractivity contribution in [2.24, 2.45) is 0 Å². The molecule has 0 nitrogen and oxygen atoms in total. The minimum absolute atomic E-state index is 1.19. The summed E-state index contributed by atoms with van der Waals surface area (Å²) in [6.45, 7) is 0. The molecule has 0 fully saturated rings. The van der Waals surface area contributed by atoms with Gasteiger partial charge in [0.05, 0.1) is 6.08 Å². The molecule has 0 heterocycles. The summed E-state index contributed by atoms with van der Waals surface area (Å²) in [6, 6.07) is 0. The van der Waals surface area contributed by atoms with Gasteiger partial charge in [0, 0.05) is 0 Å². The van der Waals surface area contributed by atoms with Crippen molar-refractivity contribution in [3.63, 3.8) is 0 Å². The monoisotopic (exact) mass is 194 g/mol. The SMILES string of the molecule is FC(=CC(F)(F)F)C(F)=C(F)F. The highest BCUT2D eigenvalue weighted by Crippen LogP contribution is 2.25. The Labute approximate surface area is 62.0 Å². The van der Waals surface area contributed by atoms with E-state index in [0.717, 1.165) is 0 Å². The minimum Gasteiger partial charge on any atom is -0.204 e. The topological polar surface area (TPSA) is 0 Å². The third-order valence-corrected chi connectivity index (χ3v) is 0.666. The quantitative estimate of drug-likeness (QED) is 0.442. The summed E-state index contributed by atoms with van der Waals surface area (Å²) in [5.41, 5.74) is 0. The number of alkyl halides is 3. The van der Waals surface area contributed by atoms with E-state index >= 15 is 0 Å². The summed E-state index contributed by atoms with van der Waals surface area (Å²) in [5, 5.41) is 0. The van der Waals surface area contributed by atoms with Gasteiger partial charge < -0.3 is 0 Å². The standard InChI is InChI=1S/C5HF7/c6-2(1-5(10,11)12)3(7)4(8)9/h1H. The fourth-order valence-electron chi connectivity index (χ4n) is 0.297. The summed E-state index contributed by atoms with van der Waals surface area (Å²) in [6.07, 6.45) is -9.48. The van der Waals surface area contributed by atoms with Crippen LogP contribution in [0.4, 0.5) is 30.7 Å². The Kier molecular flexibility index (Phi) is 3.29. The molecular formula is C5HF7. The van der Waals surface area contributed by atoms with Gasteiger partial charge in [-0.05, 0) is 0 Å². The zero-order valence-corrected chi connectivity index (χ0v) is 5.22. The van der Waals surface area contributed by atoms with Gasteiger partial charge >= 0.3 is 12.3 Å². The molecule has 0 aliphatic rings. The summed E-state index contributed by atoms with van der Waals surface area (Å²) >= 11 is 0. The van der Waals surface area contributed by atoms with E-state index in [1.54, 1.807) is 0 Å². The van der Waals surface area contributed by atoms with Crippen LogP contribution in [0.15, 0.2) is 23.8 Å². The average Bonchev–Trinajstić information content (AvgIpc) is 1.82. The molecule has 12 heavy (non-hydrogen) atoms. The molecule has 0 rings (SSSR count). The first kappa shape index (κ1) is 11.0. The molecule has 7 heteroatoms. The molecule has 70 valence electrons. The Morgan fingerprint density at radius 2 is 1.33 bits per heavy atom. The number of allylic oxidation sites excluding steroid dienone is 3. The van der Waals surface area contributed by atoms with E-state index in [1.165, 1.54) is 0 Å². The number of hydrogen-bond donors (Lipinski definition) is 0. The molecule has 0 aliphatic heterocycles. The van der Waals surface area contributed by atoms with Crippen molar-refractivity contribution in [2.75, 3.05) is 0 Å². The Hall–Kier alpha value is -1.01. The predicted octanol–water partition coefficient (Wildman–Crippen LogP) is 3.48. The first-order valence-corrected chi connectivity index (χ1v) is 2.40. The van der Waals surface area contributed by atoms with Crippen LogP contribution in [0.3, 0.4) is 0 Å². The third kappa shape index (κ3) is 3.99. The summed E-state index contributed by atoms with van der Waals surface area (Å²) in [4.78, 5) is 0. The van der Waals surface area contributed by atoms with Crippen LogP contribution in [0, 0.1) is 0 Å². The van der Waals surface area contributed by atoms with Gasteiger partial charge in [-0.3, -0.25) is 0 Å². The molecular weight excluding hydrogens is 193 g/mol. The molecule has 0 spiro atoms. The molecule has 0 amide bonds. The second kappa shape index (κ2) is 3.59. The van der Waals surface area contributed by atoms with E-state index in [1.807, 2.05) is 0 Å². The summed E-state index contributed by atoms with van der Waals surface area (Å²) < 4.78 is 79.2. The van der Waals surface area contributed by atoms with Gasteiger partial charge in [0.15, 0.2) is 5.83 Å². The van der Waals surface area contributed by atoms with E-state index in [2.05, 4.69) is 0 Å². The maximum absolute atomic E-state index is 11.8. The fraction of sp³-hybridized carbons (Fsp3) is 0.200. The highest BCUT2D eigenvalue weighted by atomic mass is 19.4. The molecule has 0 aromatic heterocycles. The van der Waals surface area contributed by atoms with Crippen LogP contribution in [0.1, 0.15) is 0 Å². The first-order chi connectivity index (χ1) is 5.24. The van der Waals surface area contributed by atoms with E-state index in [4.69, 9.17) is 0 Å². The number of hydrogen-bond acceptors (Lipinski definition) is 0. The molecule has 0 saturated carbocycles. The van der Waals surface area contributed by atoms with Crippen LogP contribution < -0.4 is 0 Å². The predicted molar refractivity (Wildman–Crippen MR) is 25.6 cm³/mol. The fourth-order valence-corrected chi connectivity index (χ4v) is 0.297. The molecule has 0 aromatic rings. The van der Waals surface area contributed by atoms with Crippen molar-refractivity contribution in [3.05, 3.63) is 23.8 Å². The number of rotatable bonds is 1. The van der Waals surface area contributed by atoms with Gasteiger partial charge in [-0.2, -0.15) is 26.3 Å². The van der Waals surface area contributed by atoms with Crippen LogP contribution in [0.5, 0.6) is 0 Å². The van der Waals surface area contributed by atoms with Gasteiger partial charge in [0.25, 0.3) is 0 Å². The van der Waals surface area contributed by atoms with Crippen molar-refractivity contribution in [1.29, 1.82) is 0 Å². The van der Waals surface area contributed by atoms with Crippen LogP contribution in [-0.4, -0.2) is 6.18 Å². The summed E-state index contributed by atoms with van der Waals surface area (Å²) in [7, 11) is 0. The molecule has 0 unspecified atom stereocenters. The van der Waals surface area contributed by atoms with Crippen LogP contribution in [0.25, 0.3) is 0 Å². The lowest BCUT2D eigenvalue weighted by molar-refractivity contribution is -0.0813. The van der Waals surface area contributed by atoms with Crippen molar-refractivity contribution in [2.45, 2.75) is 6.18 Å². The van der Waals surface area contributed by atoms with Crippen molar-refractivity contribution >= 4 is 0 Å². The molecule has 0 N–H and O–H groups in total. The Bertz CT molecular complexity index is 216. The van der Waals surface area contributed by atoms with Crippen molar-refractivity contribution in [3.8, 4) is 0 Å². The van der Waals surface area contributed by atoms with E-state index in [-0.39, 0.29) is 0 Å². The van der Waals surface area contributed by atoms with Gasteiger partial charge in [0.2, 0.25) is 5.83 Å². The Balaban J connectivity index is 4.73. The van der Waals surface area contributed by atoms with Crippen LogP contribution in [0.2, 0.25) is 0 Å². The van der Waals surface area contributed by atoms with E-state index < -0.39 is 30.0 Å². The van der Waals surface area contributed by atoms with Gasteiger partial charge in [-0.1, -0.05) is 0 Å². The minimum atomic E-state index is -5.16. The van der Waals surface area contributed by atoms with E-state index in [0.29, 0.717) is 0 Å². The smallest absolute Gasteiger partial charge is 0.204 e. The van der Waals surface area contributed by atoms with Gasteiger partial charge in [-0.25, -0.2) is 4.39 Å². The molecule has 0 saturated heterocycles. The zero-order chi connectivity index (χ0) is 9.94. The van der Waals surface area contributed by atoms with Crippen LogP contribution in [-0.2, 0) is 0 Å². The molecule has 0 radical (unpaired) electrons. The molecule has 0 aliphatic carbocycles. The lowest BCUT2D eigenvalue weighted by atomic mass is 10.4. The van der Waals surface area contributed by atoms with Gasteiger partial charge in [0.1, 0.15) is 0 Å². The maximum atomic E-state index is 11.8. The third-order valence-electron chi connectivity index (χ3n) is 0.666. The average molecular weight is 194 g/mol. The second-order valence-corrected chi connectivity index (χ2v) is 1.61. The zero-order valence-electron chi connectivity index (χ0n) is 5.22. The van der Waals surface area contributed by atoms with Gasteiger partial charge in [-0.15, -0.1) is 0 Å². The molecule has 0 bridgehead atoms. The summed E-state index contributed by atoms with van der Waals surface area (Å²) in [5.74, 6) is -5.44. The van der Waals surface area contributed by atoms with Crippen molar-refractivity contribution in [1.82, 2.24) is 0 Å². The molecule has 0 atom stereocenters. The highest BCUT2D eigenvalue weighted by molar-refractivity contribution is 5.20. The number of halogens is 7. The first-order valence-electron chi connectivity index (χ1n) is 2.40. The van der Waals surface area contributed by atoms with Crippen LogP contribution >= 0.6 is 0 Å². The Morgan fingerprint density at radius 1 is 0.917 bits per heavy atom. The highest BCUT2D eigenvalue weighted by Gasteiger charge is 2.27. The lowest BCUT2D eigenvalue weighted by Crippen LogP contribution is -2.02.